The van der Waals surface area contributed by atoms with Gasteiger partial charge in [-0.05, 0) is 42.1 Å². The number of piperazine rings is 1. The largest absolute Gasteiger partial charge is 0.368 e. The number of hydrogen-bond donors (Lipinski definition) is 0. The lowest BCUT2D eigenvalue weighted by molar-refractivity contribution is 0.0737. The van der Waals surface area contributed by atoms with Crippen molar-refractivity contribution in [2.75, 3.05) is 31.1 Å². The number of halogens is 1. The standard InChI is InChI=1S/C19H20ClN3OS/c1-13-3-4-14(20)11-16(13)22-6-8-23(9-7-22)19(24)17-12-18-15(21(17)2)5-10-25-18/h3-5,10-12H,6-9H2,1-2H3. The molecule has 1 saturated heterocycles. The van der Waals surface area contributed by atoms with Crippen molar-refractivity contribution in [1.82, 2.24) is 9.47 Å². The van der Waals surface area contributed by atoms with E-state index < -0.39 is 0 Å². The Morgan fingerprint density at radius 2 is 1.88 bits per heavy atom. The van der Waals surface area contributed by atoms with Crippen LogP contribution in [-0.4, -0.2) is 41.6 Å². The van der Waals surface area contributed by atoms with Crippen molar-refractivity contribution >= 4 is 44.7 Å². The van der Waals surface area contributed by atoms with Gasteiger partial charge in [0, 0.05) is 43.9 Å². The van der Waals surface area contributed by atoms with Crippen LogP contribution in [0, 0.1) is 6.92 Å². The van der Waals surface area contributed by atoms with Gasteiger partial charge in [0.05, 0.1) is 10.2 Å². The number of rotatable bonds is 2. The fraction of sp³-hybridized carbons (Fsp3) is 0.316. The summed E-state index contributed by atoms with van der Waals surface area (Å²) in [4.78, 5) is 17.2. The Morgan fingerprint density at radius 3 is 2.60 bits per heavy atom. The fourth-order valence-corrected chi connectivity index (χ4v) is 4.51. The highest BCUT2D eigenvalue weighted by atomic mass is 35.5. The number of aryl methyl sites for hydroxylation is 2. The summed E-state index contributed by atoms with van der Waals surface area (Å²) in [6.45, 7) is 5.20. The maximum Gasteiger partial charge on any atom is 0.270 e. The maximum absolute atomic E-state index is 12.9. The monoisotopic (exact) mass is 373 g/mol. The van der Waals surface area contributed by atoms with Crippen LogP contribution in [0.2, 0.25) is 5.02 Å². The summed E-state index contributed by atoms with van der Waals surface area (Å²) in [5.41, 5.74) is 4.28. The topological polar surface area (TPSA) is 28.5 Å². The molecule has 25 heavy (non-hydrogen) atoms. The SMILES string of the molecule is Cc1ccc(Cl)cc1N1CCN(C(=O)c2cc3sccc3n2C)CC1. The molecule has 130 valence electrons. The third-order valence-electron chi connectivity index (χ3n) is 4.96. The molecule has 3 heterocycles. The summed E-state index contributed by atoms with van der Waals surface area (Å²) in [7, 11) is 1.97. The molecule has 4 nitrogen and oxygen atoms in total. The van der Waals surface area contributed by atoms with Gasteiger partial charge in [0.2, 0.25) is 0 Å². The molecule has 0 N–H and O–H groups in total. The van der Waals surface area contributed by atoms with Gasteiger partial charge in [0.15, 0.2) is 0 Å². The molecule has 0 spiro atoms. The number of thiophene rings is 1. The molecule has 0 atom stereocenters. The van der Waals surface area contributed by atoms with E-state index in [1.54, 1.807) is 11.3 Å². The van der Waals surface area contributed by atoms with E-state index in [1.165, 1.54) is 16.0 Å². The highest BCUT2D eigenvalue weighted by Crippen LogP contribution is 2.27. The molecule has 0 radical (unpaired) electrons. The summed E-state index contributed by atoms with van der Waals surface area (Å²) in [5.74, 6) is 0.119. The lowest BCUT2D eigenvalue weighted by Gasteiger charge is -2.37. The van der Waals surface area contributed by atoms with Crippen LogP contribution >= 0.6 is 22.9 Å². The minimum Gasteiger partial charge on any atom is -0.368 e. The summed E-state index contributed by atoms with van der Waals surface area (Å²) >= 11 is 7.82. The van der Waals surface area contributed by atoms with Gasteiger partial charge in [0.1, 0.15) is 5.69 Å². The zero-order chi connectivity index (χ0) is 17.6. The Hall–Kier alpha value is -1.98. The van der Waals surface area contributed by atoms with Crippen LogP contribution in [0.1, 0.15) is 16.1 Å². The molecule has 0 bridgehead atoms. The molecule has 2 aromatic heterocycles. The molecule has 1 aliphatic rings. The Balaban J connectivity index is 1.49. The smallest absolute Gasteiger partial charge is 0.270 e. The zero-order valence-electron chi connectivity index (χ0n) is 14.3. The molecule has 1 fully saturated rings. The van der Waals surface area contributed by atoms with Crippen molar-refractivity contribution in [2.24, 2.45) is 7.05 Å². The number of amides is 1. The van der Waals surface area contributed by atoms with Gasteiger partial charge in [-0.25, -0.2) is 0 Å². The quantitative estimate of drug-likeness (QED) is 0.674. The first-order chi connectivity index (χ1) is 12.0. The van der Waals surface area contributed by atoms with Gasteiger partial charge in [-0.2, -0.15) is 0 Å². The third kappa shape index (κ3) is 2.92. The maximum atomic E-state index is 12.9. The molecule has 3 aromatic rings. The Labute approximate surface area is 156 Å². The van der Waals surface area contributed by atoms with Crippen LogP contribution in [0.4, 0.5) is 5.69 Å². The molecular weight excluding hydrogens is 354 g/mol. The van der Waals surface area contributed by atoms with Gasteiger partial charge < -0.3 is 14.4 Å². The summed E-state index contributed by atoms with van der Waals surface area (Å²) in [6.07, 6.45) is 0. The first-order valence-electron chi connectivity index (χ1n) is 8.38. The number of nitrogens with zero attached hydrogens (tertiary/aromatic N) is 3. The van der Waals surface area contributed by atoms with Crippen molar-refractivity contribution in [2.45, 2.75) is 6.92 Å². The minimum atomic E-state index is 0.119. The summed E-state index contributed by atoms with van der Waals surface area (Å²) < 4.78 is 3.17. The highest BCUT2D eigenvalue weighted by Gasteiger charge is 2.25. The van der Waals surface area contributed by atoms with E-state index in [0.717, 1.165) is 42.4 Å². The van der Waals surface area contributed by atoms with Crippen molar-refractivity contribution < 1.29 is 4.79 Å². The van der Waals surface area contributed by atoms with Crippen LogP contribution in [0.25, 0.3) is 10.2 Å². The summed E-state index contributed by atoms with van der Waals surface area (Å²) in [5, 5.41) is 2.81. The van der Waals surface area contributed by atoms with Crippen molar-refractivity contribution in [3.63, 3.8) is 0 Å². The molecular formula is C19H20ClN3OS. The predicted molar refractivity (Wildman–Crippen MR) is 105 cm³/mol. The second kappa shape index (κ2) is 6.39. The fourth-order valence-electron chi connectivity index (χ4n) is 3.49. The van der Waals surface area contributed by atoms with E-state index in [0.29, 0.717) is 0 Å². The number of hydrogen-bond acceptors (Lipinski definition) is 3. The molecule has 1 aliphatic heterocycles. The number of fused-ring (bicyclic) bond motifs is 1. The van der Waals surface area contributed by atoms with E-state index in [4.69, 9.17) is 11.6 Å². The van der Waals surface area contributed by atoms with Gasteiger partial charge in [-0.1, -0.05) is 17.7 Å². The molecule has 1 amide bonds. The van der Waals surface area contributed by atoms with Gasteiger partial charge in [0.25, 0.3) is 5.91 Å². The van der Waals surface area contributed by atoms with Crippen molar-refractivity contribution in [3.05, 3.63) is 52.0 Å². The molecule has 6 heteroatoms. The average Bonchev–Trinajstić information content (AvgIpc) is 3.20. The molecule has 0 unspecified atom stereocenters. The first-order valence-corrected chi connectivity index (χ1v) is 9.63. The van der Waals surface area contributed by atoms with Crippen LogP contribution in [0.5, 0.6) is 0 Å². The molecule has 0 aliphatic carbocycles. The van der Waals surface area contributed by atoms with E-state index in [9.17, 15) is 4.79 Å². The average molecular weight is 374 g/mol. The normalized spacial score (nSPS) is 15.2. The second-order valence-electron chi connectivity index (χ2n) is 6.47. The lowest BCUT2D eigenvalue weighted by Crippen LogP contribution is -2.49. The van der Waals surface area contributed by atoms with Crippen molar-refractivity contribution in [3.8, 4) is 0 Å². The van der Waals surface area contributed by atoms with E-state index >= 15 is 0 Å². The van der Waals surface area contributed by atoms with Crippen LogP contribution < -0.4 is 4.90 Å². The Morgan fingerprint density at radius 1 is 1.12 bits per heavy atom. The predicted octanol–water partition coefficient (Wildman–Crippen LogP) is 4.16. The van der Waals surface area contributed by atoms with Crippen LogP contribution in [0.3, 0.4) is 0 Å². The van der Waals surface area contributed by atoms with Crippen LogP contribution in [0.15, 0.2) is 35.7 Å². The minimum absolute atomic E-state index is 0.119. The number of aromatic nitrogens is 1. The first kappa shape index (κ1) is 16.5. The Bertz CT molecular complexity index is 937. The van der Waals surface area contributed by atoms with Gasteiger partial charge >= 0.3 is 0 Å². The molecule has 0 saturated carbocycles. The molecule has 4 rings (SSSR count). The summed E-state index contributed by atoms with van der Waals surface area (Å²) in [6, 6.07) is 10.1. The third-order valence-corrected chi connectivity index (χ3v) is 6.05. The zero-order valence-corrected chi connectivity index (χ0v) is 15.9. The van der Waals surface area contributed by atoms with Gasteiger partial charge in [-0.3, -0.25) is 4.79 Å². The second-order valence-corrected chi connectivity index (χ2v) is 7.85. The number of anilines is 1. The number of carbonyl (C=O) groups excluding carboxylic acids is 1. The van der Waals surface area contributed by atoms with Crippen molar-refractivity contribution in [1.29, 1.82) is 0 Å². The van der Waals surface area contributed by atoms with E-state index in [1.807, 2.05) is 40.8 Å². The van der Waals surface area contributed by atoms with E-state index in [-0.39, 0.29) is 5.91 Å². The van der Waals surface area contributed by atoms with E-state index in [2.05, 4.69) is 23.3 Å². The molecule has 1 aromatic carbocycles. The van der Waals surface area contributed by atoms with Gasteiger partial charge in [-0.15, -0.1) is 11.3 Å². The highest BCUT2D eigenvalue weighted by molar-refractivity contribution is 7.17. The lowest BCUT2D eigenvalue weighted by atomic mass is 10.1. The number of carbonyl (C=O) groups is 1. The number of benzene rings is 1. The van der Waals surface area contributed by atoms with Crippen LogP contribution in [-0.2, 0) is 7.05 Å². The Kier molecular flexibility index (Phi) is 4.21.